The molecule has 0 aliphatic carbocycles. The van der Waals surface area contributed by atoms with E-state index >= 15 is 0 Å². The second-order valence-corrected chi connectivity index (χ2v) is 5.45. The first-order chi connectivity index (χ1) is 12.1. The Morgan fingerprint density at radius 2 is 2.04 bits per heavy atom. The van der Waals surface area contributed by atoms with Gasteiger partial charge in [0, 0.05) is 16.7 Å². The molecule has 2 aromatic carbocycles. The molecule has 0 saturated heterocycles. The molecule has 25 heavy (non-hydrogen) atoms. The zero-order chi connectivity index (χ0) is 17.6. The minimum absolute atomic E-state index is 0.153. The molecule has 5 nitrogen and oxygen atoms in total. The standard InChI is InChI=1S/C18H12ClFN2O3/c19-14-3-1-2-13(10-14)18-21-16(25-22-18)11-24-17(23)9-6-12-4-7-15(20)8-5-12/h1-10H,11H2/b9-6+. The van der Waals surface area contributed by atoms with Crippen LogP contribution < -0.4 is 0 Å². The SMILES string of the molecule is O=C(/C=C/c1ccc(F)cc1)OCc1nc(-c2cccc(Cl)c2)no1. The third-order valence-corrected chi connectivity index (χ3v) is 3.41. The number of rotatable bonds is 5. The summed E-state index contributed by atoms with van der Waals surface area (Å²) in [5.41, 5.74) is 1.38. The molecule has 0 N–H and O–H groups in total. The van der Waals surface area contributed by atoms with Crippen LogP contribution in [0.2, 0.25) is 5.02 Å². The van der Waals surface area contributed by atoms with Gasteiger partial charge in [-0.1, -0.05) is 41.0 Å². The Kier molecular flexibility index (Phi) is 5.20. The number of aromatic nitrogens is 2. The van der Waals surface area contributed by atoms with Crippen molar-refractivity contribution >= 4 is 23.6 Å². The fourth-order valence-electron chi connectivity index (χ4n) is 1.98. The smallest absolute Gasteiger partial charge is 0.331 e. The minimum atomic E-state index is -0.577. The molecule has 7 heteroatoms. The molecule has 0 atom stereocenters. The van der Waals surface area contributed by atoms with E-state index in [2.05, 4.69) is 10.1 Å². The Bertz CT molecular complexity index is 907. The van der Waals surface area contributed by atoms with Crippen molar-refractivity contribution in [2.24, 2.45) is 0 Å². The summed E-state index contributed by atoms with van der Waals surface area (Å²) in [4.78, 5) is 15.8. The summed E-state index contributed by atoms with van der Waals surface area (Å²) in [6, 6.07) is 12.7. The molecular formula is C18H12ClFN2O3. The summed E-state index contributed by atoms with van der Waals surface area (Å²) in [5, 5.41) is 4.37. The number of carbonyl (C=O) groups is 1. The Morgan fingerprint density at radius 1 is 1.24 bits per heavy atom. The van der Waals surface area contributed by atoms with Gasteiger partial charge in [0.15, 0.2) is 6.61 Å². The highest BCUT2D eigenvalue weighted by Crippen LogP contribution is 2.20. The molecule has 0 saturated carbocycles. The Labute approximate surface area is 147 Å². The Hall–Kier alpha value is -2.99. The molecule has 0 bridgehead atoms. The molecule has 0 unspecified atom stereocenters. The van der Waals surface area contributed by atoms with Crippen molar-refractivity contribution < 1.29 is 18.4 Å². The molecule has 0 aliphatic heterocycles. The van der Waals surface area contributed by atoms with E-state index in [9.17, 15) is 9.18 Å². The van der Waals surface area contributed by atoms with E-state index in [0.29, 0.717) is 22.0 Å². The van der Waals surface area contributed by atoms with E-state index in [1.807, 2.05) is 0 Å². The molecule has 126 valence electrons. The quantitative estimate of drug-likeness (QED) is 0.503. The van der Waals surface area contributed by atoms with Gasteiger partial charge in [-0.3, -0.25) is 0 Å². The molecule has 0 spiro atoms. The van der Waals surface area contributed by atoms with Crippen molar-refractivity contribution in [2.45, 2.75) is 6.61 Å². The second kappa shape index (κ2) is 7.72. The zero-order valence-electron chi connectivity index (χ0n) is 12.9. The van der Waals surface area contributed by atoms with Crippen molar-refractivity contribution in [3.8, 4) is 11.4 Å². The minimum Gasteiger partial charge on any atom is -0.452 e. The van der Waals surface area contributed by atoms with Crippen molar-refractivity contribution in [3.05, 3.63) is 76.9 Å². The number of benzene rings is 2. The topological polar surface area (TPSA) is 65.2 Å². The summed E-state index contributed by atoms with van der Waals surface area (Å²) < 4.78 is 22.9. The molecular weight excluding hydrogens is 347 g/mol. The van der Waals surface area contributed by atoms with Gasteiger partial charge in [-0.25, -0.2) is 9.18 Å². The van der Waals surface area contributed by atoms with Crippen LogP contribution in [-0.4, -0.2) is 16.1 Å². The van der Waals surface area contributed by atoms with E-state index in [-0.39, 0.29) is 18.3 Å². The molecule has 0 amide bonds. The van der Waals surface area contributed by atoms with Crippen LogP contribution in [0.25, 0.3) is 17.5 Å². The lowest BCUT2D eigenvalue weighted by atomic mass is 10.2. The van der Waals surface area contributed by atoms with Crippen molar-refractivity contribution in [3.63, 3.8) is 0 Å². The van der Waals surface area contributed by atoms with Crippen LogP contribution >= 0.6 is 11.6 Å². The van der Waals surface area contributed by atoms with Crippen LogP contribution in [0.1, 0.15) is 11.5 Å². The lowest BCUT2D eigenvalue weighted by molar-refractivity contribution is -0.139. The number of hydrogen-bond acceptors (Lipinski definition) is 5. The molecule has 3 aromatic rings. The van der Waals surface area contributed by atoms with E-state index in [0.717, 1.165) is 0 Å². The van der Waals surface area contributed by atoms with Gasteiger partial charge in [-0.15, -0.1) is 0 Å². The van der Waals surface area contributed by atoms with Gasteiger partial charge < -0.3 is 9.26 Å². The van der Waals surface area contributed by atoms with Gasteiger partial charge in [0.05, 0.1) is 0 Å². The number of ether oxygens (including phenoxy) is 1. The van der Waals surface area contributed by atoms with Gasteiger partial charge in [0.2, 0.25) is 5.82 Å². The number of hydrogen-bond donors (Lipinski definition) is 0. The first-order valence-electron chi connectivity index (χ1n) is 7.29. The maximum absolute atomic E-state index is 12.8. The van der Waals surface area contributed by atoms with Crippen LogP contribution in [-0.2, 0) is 16.1 Å². The number of halogens is 2. The van der Waals surface area contributed by atoms with E-state index in [4.69, 9.17) is 20.9 Å². The third-order valence-electron chi connectivity index (χ3n) is 3.17. The van der Waals surface area contributed by atoms with Crippen LogP contribution in [0.4, 0.5) is 4.39 Å². The molecule has 1 heterocycles. The summed E-state index contributed by atoms with van der Waals surface area (Å²) >= 11 is 5.91. The average molecular weight is 359 g/mol. The summed E-state index contributed by atoms with van der Waals surface area (Å²) in [6.07, 6.45) is 2.76. The number of carbonyl (C=O) groups excluding carboxylic acids is 1. The van der Waals surface area contributed by atoms with Crippen LogP contribution in [0, 0.1) is 5.82 Å². The third kappa shape index (κ3) is 4.74. The van der Waals surface area contributed by atoms with Gasteiger partial charge >= 0.3 is 5.97 Å². The molecule has 1 aromatic heterocycles. The highest BCUT2D eigenvalue weighted by Gasteiger charge is 2.10. The second-order valence-electron chi connectivity index (χ2n) is 5.01. The zero-order valence-corrected chi connectivity index (χ0v) is 13.6. The predicted molar refractivity (Wildman–Crippen MR) is 90.0 cm³/mol. The monoisotopic (exact) mass is 358 g/mol. The van der Waals surface area contributed by atoms with Gasteiger partial charge in [-0.2, -0.15) is 4.98 Å². The van der Waals surface area contributed by atoms with Crippen LogP contribution in [0.15, 0.2) is 59.1 Å². The van der Waals surface area contributed by atoms with Gasteiger partial charge in [0.1, 0.15) is 5.82 Å². The van der Waals surface area contributed by atoms with E-state index in [1.54, 1.807) is 36.4 Å². The molecule has 0 fully saturated rings. The van der Waals surface area contributed by atoms with Crippen LogP contribution in [0.5, 0.6) is 0 Å². The van der Waals surface area contributed by atoms with Gasteiger partial charge in [-0.05, 0) is 35.9 Å². The molecule has 3 rings (SSSR count). The number of nitrogens with zero attached hydrogens (tertiary/aromatic N) is 2. The highest BCUT2D eigenvalue weighted by atomic mass is 35.5. The first kappa shape index (κ1) is 16.9. The normalized spacial score (nSPS) is 11.0. The fraction of sp³-hybridized carbons (Fsp3) is 0.0556. The number of esters is 1. The molecule has 0 aliphatic rings. The van der Waals surface area contributed by atoms with E-state index in [1.165, 1.54) is 24.3 Å². The summed E-state index contributed by atoms with van der Waals surface area (Å²) in [6.45, 7) is -0.153. The largest absolute Gasteiger partial charge is 0.452 e. The van der Waals surface area contributed by atoms with Crippen LogP contribution in [0.3, 0.4) is 0 Å². The predicted octanol–water partition coefficient (Wildman–Crippen LogP) is 4.29. The Morgan fingerprint density at radius 3 is 2.80 bits per heavy atom. The van der Waals surface area contributed by atoms with Gasteiger partial charge in [0.25, 0.3) is 5.89 Å². The lowest BCUT2D eigenvalue weighted by Gasteiger charge is -1.97. The van der Waals surface area contributed by atoms with Crippen molar-refractivity contribution in [1.29, 1.82) is 0 Å². The lowest BCUT2D eigenvalue weighted by Crippen LogP contribution is -2.00. The van der Waals surface area contributed by atoms with Crippen molar-refractivity contribution in [1.82, 2.24) is 10.1 Å². The van der Waals surface area contributed by atoms with E-state index < -0.39 is 5.97 Å². The molecule has 0 radical (unpaired) electrons. The highest BCUT2D eigenvalue weighted by molar-refractivity contribution is 6.30. The maximum Gasteiger partial charge on any atom is 0.331 e. The summed E-state index contributed by atoms with van der Waals surface area (Å²) in [7, 11) is 0. The first-order valence-corrected chi connectivity index (χ1v) is 7.67. The maximum atomic E-state index is 12.8. The average Bonchev–Trinajstić information content (AvgIpc) is 3.08. The Balaban J connectivity index is 1.56. The van der Waals surface area contributed by atoms with Crippen molar-refractivity contribution in [2.75, 3.05) is 0 Å². The fourth-order valence-corrected chi connectivity index (χ4v) is 2.17. The summed E-state index contributed by atoms with van der Waals surface area (Å²) in [5.74, 6) is -0.396.